The highest BCUT2D eigenvalue weighted by atomic mass is 79.9. The van der Waals surface area contributed by atoms with Crippen LogP contribution in [0.5, 0.6) is 11.5 Å². The summed E-state index contributed by atoms with van der Waals surface area (Å²) in [5.74, 6) is 0.266. The van der Waals surface area contributed by atoms with E-state index in [9.17, 15) is 4.79 Å². The molecule has 0 aliphatic carbocycles. The van der Waals surface area contributed by atoms with Crippen LogP contribution in [-0.4, -0.2) is 12.6 Å². The van der Waals surface area contributed by atoms with Gasteiger partial charge in [-0.15, -0.1) is 0 Å². The van der Waals surface area contributed by atoms with E-state index in [1.165, 1.54) is 6.07 Å². The molecule has 25 heavy (non-hydrogen) atoms. The average Bonchev–Trinajstić information content (AvgIpc) is 2.57. The van der Waals surface area contributed by atoms with E-state index in [1.54, 1.807) is 12.1 Å². The van der Waals surface area contributed by atoms with Crippen molar-refractivity contribution in [1.29, 1.82) is 0 Å². The van der Waals surface area contributed by atoms with Gasteiger partial charge in [0.05, 0.1) is 9.50 Å². The summed E-state index contributed by atoms with van der Waals surface area (Å²) >= 11 is 18.8. The molecule has 0 aromatic heterocycles. The van der Waals surface area contributed by atoms with Gasteiger partial charge in [-0.2, -0.15) is 0 Å². The maximum absolute atomic E-state index is 12.2. The minimum atomic E-state index is -0.537. The van der Waals surface area contributed by atoms with Crippen LogP contribution in [0.2, 0.25) is 10.0 Å². The number of ether oxygens (including phenoxy) is 2. The topological polar surface area (TPSA) is 35.5 Å². The number of esters is 1. The molecule has 0 radical (unpaired) electrons. The Balaban J connectivity index is 1.75. The van der Waals surface area contributed by atoms with Gasteiger partial charge < -0.3 is 9.47 Å². The minimum Gasteiger partial charge on any atom is -0.479 e. The second-order valence-corrected chi connectivity index (χ2v) is 7.60. The third-order valence-corrected chi connectivity index (χ3v) is 5.13. The number of fused-ring (bicyclic) bond motifs is 1. The van der Waals surface area contributed by atoms with Crippen molar-refractivity contribution >= 4 is 71.8 Å². The van der Waals surface area contributed by atoms with Gasteiger partial charge in [0.1, 0.15) is 5.75 Å². The zero-order chi connectivity index (χ0) is 18.0. The molecule has 3 aromatic carbocycles. The Morgan fingerprint density at radius 3 is 2.40 bits per heavy atom. The largest absolute Gasteiger partial charge is 0.479 e. The zero-order valence-corrected chi connectivity index (χ0v) is 17.2. The zero-order valence-electron chi connectivity index (χ0n) is 12.6. The lowest BCUT2D eigenvalue weighted by molar-refractivity contribution is -0.136. The van der Waals surface area contributed by atoms with Crippen molar-refractivity contribution < 1.29 is 14.3 Å². The van der Waals surface area contributed by atoms with Gasteiger partial charge in [0.25, 0.3) is 0 Å². The molecule has 0 spiro atoms. The van der Waals surface area contributed by atoms with Crippen LogP contribution in [0.15, 0.2) is 57.5 Å². The smallest absolute Gasteiger partial charge is 0.349 e. The van der Waals surface area contributed by atoms with Crippen LogP contribution in [-0.2, 0) is 4.79 Å². The molecule has 0 N–H and O–H groups in total. The standard InChI is InChI=1S/C18H10Br2Cl2O3/c19-13-5-6-16(12-4-2-1-3-11(12)13)25-17(23)9-24-18-14(20)7-10(21)8-15(18)22/h1-8H,9H2. The van der Waals surface area contributed by atoms with Gasteiger partial charge in [0.15, 0.2) is 12.4 Å². The summed E-state index contributed by atoms with van der Waals surface area (Å²) in [6, 6.07) is 14.4. The van der Waals surface area contributed by atoms with E-state index in [4.69, 9.17) is 32.7 Å². The highest BCUT2D eigenvalue weighted by Gasteiger charge is 2.14. The summed E-state index contributed by atoms with van der Waals surface area (Å²) in [5.41, 5.74) is 0. The van der Waals surface area contributed by atoms with Crippen molar-refractivity contribution in [1.82, 2.24) is 0 Å². The molecule has 0 unspecified atom stereocenters. The van der Waals surface area contributed by atoms with E-state index in [0.717, 1.165) is 15.2 Å². The van der Waals surface area contributed by atoms with E-state index >= 15 is 0 Å². The molecular weight excluding hydrogens is 495 g/mol. The molecular formula is C18H10Br2Cl2O3. The second kappa shape index (κ2) is 7.96. The fourth-order valence-electron chi connectivity index (χ4n) is 2.27. The predicted molar refractivity (Wildman–Crippen MR) is 107 cm³/mol. The molecule has 7 heteroatoms. The second-order valence-electron chi connectivity index (χ2n) is 5.05. The van der Waals surface area contributed by atoms with E-state index in [1.807, 2.05) is 30.3 Å². The monoisotopic (exact) mass is 502 g/mol. The van der Waals surface area contributed by atoms with Crippen LogP contribution in [0.25, 0.3) is 10.8 Å². The molecule has 0 saturated heterocycles. The number of hydrogen-bond donors (Lipinski definition) is 0. The Kier molecular flexibility index (Phi) is 5.89. The van der Waals surface area contributed by atoms with E-state index < -0.39 is 5.97 Å². The first-order chi connectivity index (χ1) is 12.0. The number of halogens is 4. The molecule has 0 heterocycles. The maximum atomic E-state index is 12.2. The molecule has 0 aliphatic rings. The molecule has 0 atom stereocenters. The quantitative estimate of drug-likeness (QED) is 0.294. The normalized spacial score (nSPS) is 10.7. The van der Waals surface area contributed by atoms with Crippen LogP contribution in [0, 0.1) is 0 Å². The molecule has 0 fully saturated rings. The van der Waals surface area contributed by atoms with Crippen LogP contribution in [0.3, 0.4) is 0 Å². The summed E-state index contributed by atoms with van der Waals surface area (Å²) in [5, 5.41) is 2.56. The maximum Gasteiger partial charge on any atom is 0.349 e. The number of carbonyl (C=O) groups excluding carboxylic acids is 1. The fourth-order valence-corrected chi connectivity index (χ4v) is 4.12. The van der Waals surface area contributed by atoms with Gasteiger partial charge >= 0.3 is 5.97 Å². The van der Waals surface area contributed by atoms with Crippen LogP contribution >= 0.6 is 55.1 Å². The van der Waals surface area contributed by atoms with Crippen molar-refractivity contribution in [2.75, 3.05) is 6.61 Å². The highest BCUT2D eigenvalue weighted by molar-refractivity contribution is 9.11. The number of carbonyl (C=O) groups is 1. The number of benzene rings is 3. The van der Waals surface area contributed by atoms with Crippen molar-refractivity contribution in [3.8, 4) is 11.5 Å². The molecule has 3 nitrogen and oxygen atoms in total. The molecule has 0 saturated carbocycles. The van der Waals surface area contributed by atoms with Crippen molar-refractivity contribution in [3.05, 3.63) is 67.5 Å². The summed E-state index contributed by atoms with van der Waals surface area (Å²) in [4.78, 5) is 12.2. The van der Waals surface area contributed by atoms with Gasteiger partial charge in [0.2, 0.25) is 0 Å². The molecule has 3 rings (SSSR count). The van der Waals surface area contributed by atoms with Crippen LogP contribution in [0.4, 0.5) is 0 Å². The Morgan fingerprint density at radius 1 is 0.960 bits per heavy atom. The highest BCUT2D eigenvalue weighted by Crippen LogP contribution is 2.36. The first-order valence-corrected chi connectivity index (χ1v) is 9.45. The van der Waals surface area contributed by atoms with Crippen LogP contribution in [0.1, 0.15) is 0 Å². The summed E-state index contributed by atoms with van der Waals surface area (Å²) in [6.07, 6.45) is 0. The number of rotatable bonds is 4. The summed E-state index contributed by atoms with van der Waals surface area (Å²) < 4.78 is 12.4. The lowest BCUT2D eigenvalue weighted by Gasteiger charge is -2.12. The Bertz CT molecular complexity index is 937. The molecule has 0 bridgehead atoms. The Hall–Kier alpha value is -1.27. The van der Waals surface area contributed by atoms with Gasteiger partial charge in [-0.25, -0.2) is 4.79 Å². The molecule has 0 aliphatic heterocycles. The van der Waals surface area contributed by atoms with E-state index in [2.05, 4.69) is 31.9 Å². The van der Waals surface area contributed by atoms with E-state index in [-0.39, 0.29) is 6.61 Å². The summed E-state index contributed by atoms with van der Waals surface area (Å²) in [6.45, 7) is -0.287. The number of hydrogen-bond acceptors (Lipinski definition) is 3. The SMILES string of the molecule is O=C(COc1c(Cl)cc(Cl)cc1Br)Oc1ccc(Br)c2ccccc12. The fraction of sp³-hybridized carbons (Fsp3) is 0.0556. The molecule has 3 aromatic rings. The Morgan fingerprint density at radius 2 is 1.68 bits per heavy atom. The van der Waals surface area contributed by atoms with Gasteiger partial charge in [-0.1, -0.05) is 63.4 Å². The van der Waals surface area contributed by atoms with Crippen molar-refractivity contribution in [3.63, 3.8) is 0 Å². The van der Waals surface area contributed by atoms with Gasteiger partial charge in [-0.3, -0.25) is 0 Å². The first-order valence-electron chi connectivity index (χ1n) is 7.11. The van der Waals surface area contributed by atoms with Gasteiger partial charge in [-0.05, 0) is 45.6 Å². The third-order valence-electron chi connectivity index (χ3n) is 3.35. The average molecular weight is 505 g/mol. The Labute approximate surface area is 171 Å². The van der Waals surface area contributed by atoms with Crippen molar-refractivity contribution in [2.45, 2.75) is 0 Å². The molecule has 128 valence electrons. The van der Waals surface area contributed by atoms with Crippen LogP contribution < -0.4 is 9.47 Å². The van der Waals surface area contributed by atoms with Gasteiger partial charge in [0, 0.05) is 14.9 Å². The lowest BCUT2D eigenvalue weighted by atomic mass is 10.1. The predicted octanol–water partition coefficient (Wildman–Crippen LogP) is 6.66. The minimum absolute atomic E-state index is 0.287. The van der Waals surface area contributed by atoms with Crippen molar-refractivity contribution in [2.24, 2.45) is 0 Å². The summed E-state index contributed by atoms with van der Waals surface area (Å²) in [7, 11) is 0. The third kappa shape index (κ3) is 4.29. The first kappa shape index (κ1) is 18.5. The van der Waals surface area contributed by atoms with E-state index in [0.29, 0.717) is 26.0 Å². The lowest BCUT2D eigenvalue weighted by Crippen LogP contribution is -2.18. The molecule has 0 amide bonds.